The fourth-order valence-electron chi connectivity index (χ4n) is 2.67. The zero-order valence-electron chi connectivity index (χ0n) is 12.3. The fraction of sp³-hybridized carbons (Fsp3) is 0.429. The molecule has 0 spiro atoms. The Morgan fingerprint density at radius 3 is 2.29 bits per heavy atom. The summed E-state index contributed by atoms with van der Waals surface area (Å²) < 4.78 is 1.60. The minimum absolute atomic E-state index is 0.111. The second kappa shape index (κ2) is 5.08. The van der Waals surface area contributed by atoms with E-state index < -0.39 is 11.2 Å². The predicted molar refractivity (Wildman–Crippen MR) is 82.9 cm³/mol. The zero-order valence-corrected chi connectivity index (χ0v) is 13.9. The normalized spacial score (nSPS) is 26.5. The van der Waals surface area contributed by atoms with Crippen LogP contribution in [-0.4, -0.2) is 42.8 Å². The molecule has 1 aliphatic rings. The van der Waals surface area contributed by atoms with Gasteiger partial charge in [0, 0.05) is 17.0 Å². The lowest BCUT2D eigenvalue weighted by atomic mass is 9.92. The summed E-state index contributed by atoms with van der Waals surface area (Å²) in [6, 6.07) is 7.27. The molecule has 1 heterocycles. The van der Waals surface area contributed by atoms with Crippen LogP contribution in [0.1, 0.15) is 33.3 Å². The summed E-state index contributed by atoms with van der Waals surface area (Å²) in [5.74, 6) is 0. The van der Waals surface area contributed by atoms with Crippen molar-refractivity contribution in [2.75, 3.05) is 0 Å². The molecule has 1 atom stereocenters. The highest BCUT2D eigenvalue weighted by atomic mass is 79.9. The number of hydrogen-bond acceptors (Lipinski definition) is 5. The zero-order chi connectivity index (χ0) is 16.0. The van der Waals surface area contributed by atoms with Crippen LogP contribution in [0.15, 0.2) is 33.9 Å². The largest absolute Gasteiger partial charge is 0.622 e. The van der Waals surface area contributed by atoms with Crippen LogP contribution in [0.5, 0.6) is 0 Å². The smallest absolute Gasteiger partial charge is 0.290 e. The van der Waals surface area contributed by atoms with E-state index in [1.54, 1.807) is 26.0 Å². The Balaban J connectivity index is 2.70. The van der Waals surface area contributed by atoms with E-state index in [0.717, 1.165) is 9.54 Å². The van der Waals surface area contributed by atoms with Gasteiger partial charge in [-0.1, -0.05) is 21.1 Å². The molecular formula is C14H18BrN3O3. The minimum Gasteiger partial charge on any atom is -0.622 e. The average molecular weight is 356 g/mol. The van der Waals surface area contributed by atoms with Crippen molar-refractivity contribution in [2.45, 2.75) is 38.9 Å². The third-order valence-corrected chi connectivity index (χ3v) is 4.60. The minimum atomic E-state index is -1.46. The number of oxime groups is 1. The maximum Gasteiger partial charge on any atom is 0.290 e. The van der Waals surface area contributed by atoms with Crippen molar-refractivity contribution >= 4 is 27.4 Å². The molecule has 0 saturated heterocycles. The van der Waals surface area contributed by atoms with Crippen molar-refractivity contribution in [1.29, 1.82) is 0 Å². The van der Waals surface area contributed by atoms with E-state index in [4.69, 9.17) is 5.21 Å². The molecular weight excluding hydrogens is 338 g/mol. The molecule has 1 aromatic carbocycles. The first-order valence-corrected chi connectivity index (χ1v) is 7.25. The van der Waals surface area contributed by atoms with Crippen LogP contribution in [0.4, 0.5) is 0 Å². The highest BCUT2D eigenvalue weighted by Crippen LogP contribution is 2.36. The summed E-state index contributed by atoms with van der Waals surface area (Å²) in [5, 5.41) is 36.4. The van der Waals surface area contributed by atoms with Crippen molar-refractivity contribution in [1.82, 2.24) is 5.06 Å². The third kappa shape index (κ3) is 2.16. The van der Waals surface area contributed by atoms with E-state index in [9.17, 15) is 10.4 Å². The fourth-order valence-corrected chi connectivity index (χ4v) is 2.93. The van der Waals surface area contributed by atoms with Gasteiger partial charge in [0.15, 0.2) is 0 Å². The van der Waals surface area contributed by atoms with Crippen LogP contribution < -0.4 is 0 Å². The predicted octanol–water partition coefficient (Wildman–Crippen LogP) is 2.80. The second-order valence-corrected chi connectivity index (χ2v) is 6.64. The molecule has 7 heteroatoms. The van der Waals surface area contributed by atoms with E-state index in [2.05, 4.69) is 21.1 Å². The van der Waals surface area contributed by atoms with E-state index >= 15 is 0 Å². The first kappa shape index (κ1) is 15.9. The molecule has 0 aliphatic carbocycles. The van der Waals surface area contributed by atoms with Gasteiger partial charge < -0.3 is 15.6 Å². The lowest BCUT2D eigenvalue weighted by Gasteiger charge is -2.32. The Morgan fingerprint density at radius 1 is 1.29 bits per heavy atom. The molecule has 2 rings (SSSR count). The van der Waals surface area contributed by atoms with Crippen LogP contribution in [0, 0.1) is 5.21 Å². The van der Waals surface area contributed by atoms with Crippen molar-refractivity contribution in [3.63, 3.8) is 0 Å². The monoisotopic (exact) mass is 355 g/mol. The van der Waals surface area contributed by atoms with Crippen LogP contribution in [0.25, 0.3) is 0 Å². The Hall–Kier alpha value is -1.44. The van der Waals surface area contributed by atoms with Crippen LogP contribution in [0.3, 0.4) is 0 Å². The lowest BCUT2D eigenvalue weighted by molar-refractivity contribution is -0.560. The van der Waals surface area contributed by atoms with Gasteiger partial charge in [-0.3, -0.25) is 0 Å². The maximum absolute atomic E-state index is 12.8. The molecule has 0 aromatic heterocycles. The summed E-state index contributed by atoms with van der Waals surface area (Å²) in [4.78, 5) is 0. The number of rotatable bonds is 2. The third-order valence-electron chi connectivity index (χ3n) is 4.07. The molecule has 0 saturated carbocycles. The molecule has 1 aliphatic heterocycles. The second-order valence-electron chi connectivity index (χ2n) is 5.73. The van der Waals surface area contributed by atoms with E-state index in [0.29, 0.717) is 16.0 Å². The van der Waals surface area contributed by atoms with Gasteiger partial charge in [0.25, 0.3) is 5.66 Å². The number of benzene rings is 1. The molecule has 0 bridgehead atoms. The number of hydrogen-bond donors (Lipinski definition) is 2. The van der Waals surface area contributed by atoms with Gasteiger partial charge in [-0.15, -0.1) is 5.06 Å². The summed E-state index contributed by atoms with van der Waals surface area (Å²) in [6.07, 6.45) is 0. The van der Waals surface area contributed by atoms with Crippen molar-refractivity contribution in [3.05, 3.63) is 39.5 Å². The first-order chi connectivity index (χ1) is 9.67. The highest BCUT2D eigenvalue weighted by molar-refractivity contribution is 9.10. The van der Waals surface area contributed by atoms with Crippen LogP contribution >= 0.6 is 15.9 Å². The Morgan fingerprint density at radius 2 is 1.81 bits per heavy atom. The van der Waals surface area contributed by atoms with E-state index in [1.807, 2.05) is 12.1 Å². The average Bonchev–Trinajstić information content (AvgIpc) is 2.58. The number of hydroxylamine groups is 3. The molecule has 0 radical (unpaired) electrons. The summed E-state index contributed by atoms with van der Waals surface area (Å²) >= 11 is 3.35. The van der Waals surface area contributed by atoms with Crippen molar-refractivity contribution < 1.29 is 15.2 Å². The Bertz CT molecular complexity index is 625. The molecule has 1 aromatic rings. The van der Waals surface area contributed by atoms with Gasteiger partial charge in [0.05, 0.1) is 0 Å². The molecule has 0 fully saturated rings. The van der Waals surface area contributed by atoms with Crippen LogP contribution in [0.2, 0.25) is 0 Å². The van der Waals surface area contributed by atoms with Crippen molar-refractivity contribution in [3.8, 4) is 0 Å². The molecule has 1 unspecified atom stereocenters. The lowest BCUT2D eigenvalue weighted by Crippen LogP contribution is -2.57. The maximum atomic E-state index is 12.8. The van der Waals surface area contributed by atoms with Crippen molar-refractivity contribution in [2.24, 2.45) is 5.16 Å². The summed E-state index contributed by atoms with van der Waals surface area (Å²) in [5.41, 5.74) is -1.17. The van der Waals surface area contributed by atoms with Gasteiger partial charge in [0.2, 0.25) is 5.71 Å². The molecule has 21 heavy (non-hydrogen) atoms. The van der Waals surface area contributed by atoms with E-state index in [-0.39, 0.29) is 5.71 Å². The quantitative estimate of drug-likeness (QED) is 0.281. The van der Waals surface area contributed by atoms with Gasteiger partial charge in [-0.2, -0.15) is 4.74 Å². The summed E-state index contributed by atoms with van der Waals surface area (Å²) in [7, 11) is 0. The number of nitrogens with zero attached hydrogens (tertiary/aromatic N) is 3. The molecule has 114 valence electrons. The SMILES string of the molecule is C/C(=N/O)C1(C)N(O)C(C)(C)C(c2ccc(Br)cc2)=[N+]1[O-]. The molecule has 6 nitrogen and oxygen atoms in total. The summed E-state index contributed by atoms with van der Waals surface area (Å²) in [6.45, 7) is 6.49. The molecule has 0 amide bonds. The van der Waals surface area contributed by atoms with Gasteiger partial charge >= 0.3 is 0 Å². The van der Waals surface area contributed by atoms with Crippen LogP contribution in [-0.2, 0) is 0 Å². The topological polar surface area (TPSA) is 82.1 Å². The standard InChI is InChI=1S/C14H18BrN3O3/c1-9(16-19)14(4)17(20)12(13(2,3)18(14)21)10-5-7-11(15)8-6-10/h5-8,19,21H,1-4H3/b16-9-. The van der Waals surface area contributed by atoms with E-state index in [1.165, 1.54) is 13.8 Å². The van der Waals surface area contributed by atoms with Gasteiger partial charge in [-0.25, -0.2) is 0 Å². The van der Waals surface area contributed by atoms with Gasteiger partial charge in [-0.05, 0) is 45.0 Å². The highest BCUT2D eigenvalue weighted by Gasteiger charge is 2.61. The number of halogens is 1. The Labute approximate surface area is 131 Å². The first-order valence-electron chi connectivity index (χ1n) is 6.46. The Kier molecular flexibility index (Phi) is 3.86. The molecule has 2 N–H and O–H groups in total. The van der Waals surface area contributed by atoms with Gasteiger partial charge in [0.1, 0.15) is 11.3 Å².